The Kier molecular flexibility index (Phi) is 6.18. The van der Waals surface area contributed by atoms with Crippen molar-refractivity contribution in [2.75, 3.05) is 13.2 Å². The van der Waals surface area contributed by atoms with Crippen LogP contribution >= 0.6 is 38.9 Å². The number of rotatable bonds is 6. The van der Waals surface area contributed by atoms with Gasteiger partial charge in [-0.1, -0.05) is 0 Å². The third kappa shape index (κ3) is 4.65. The highest BCUT2D eigenvalue weighted by molar-refractivity contribution is 9.11. The summed E-state index contributed by atoms with van der Waals surface area (Å²) in [5.41, 5.74) is 1.04. The van der Waals surface area contributed by atoms with Crippen LogP contribution in [0.5, 0.6) is 0 Å². The minimum absolute atomic E-state index is 0.180. The topological polar surface area (TPSA) is 9.23 Å². The van der Waals surface area contributed by atoms with Crippen LogP contribution in [0.4, 0.5) is 8.78 Å². The molecule has 0 saturated carbocycles. The molecule has 1 aromatic heterocycles. The fraction of sp³-hybridized carbons (Fsp3) is 0.600. The first-order valence-electron chi connectivity index (χ1n) is 4.76. The highest BCUT2D eigenvalue weighted by atomic mass is 79.9. The van der Waals surface area contributed by atoms with Gasteiger partial charge in [0.05, 0.1) is 9.16 Å². The lowest BCUT2D eigenvalue weighted by Gasteiger charge is -2.09. The number of hydrogen-bond acceptors (Lipinski definition) is 2. The van der Waals surface area contributed by atoms with Crippen molar-refractivity contribution in [3.05, 3.63) is 20.3 Å². The average molecular weight is 334 g/mol. The van der Waals surface area contributed by atoms with E-state index in [4.69, 9.17) is 16.3 Å². The molecule has 1 rings (SSSR count). The van der Waals surface area contributed by atoms with Gasteiger partial charge in [-0.05, 0) is 40.9 Å². The SMILES string of the molecule is Cc1sc(Br)cc1C(Cl)CCOCC(F)F. The van der Waals surface area contributed by atoms with Crippen molar-refractivity contribution in [1.82, 2.24) is 0 Å². The summed E-state index contributed by atoms with van der Waals surface area (Å²) in [6.07, 6.45) is -1.87. The number of halogens is 4. The fourth-order valence-corrected chi connectivity index (χ4v) is 3.44. The molecule has 0 saturated heterocycles. The number of aryl methyl sites for hydroxylation is 1. The Balaban J connectivity index is 2.35. The van der Waals surface area contributed by atoms with Gasteiger partial charge in [0, 0.05) is 11.5 Å². The van der Waals surface area contributed by atoms with Gasteiger partial charge in [0.15, 0.2) is 0 Å². The van der Waals surface area contributed by atoms with E-state index < -0.39 is 13.0 Å². The molecule has 0 aliphatic rings. The lowest BCUT2D eigenvalue weighted by Crippen LogP contribution is -2.06. The summed E-state index contributed by atoms with van der Waals surface area (Å²) in [5.74, 6) is 0. The monoisotopic (exact) mass is 332 g/mol. The predicted octanol–water partition coefficient (Wildman–Crippen LogP) is 4.77. The van der Waals surface area contributed by atoms with Crippen LogP contribution in [-0.2, 0) is 4.74 Å². The number of hydrogen-bond donors (Lipinski definition) is 0. The predicted molar refractivity (Wildman–Crippen MR) is 66.8 cm³/mol. The third-order valence-electron chi connectivity index (χ3n) is 2.02. The van der Waals surface area contributed by atoms with Crippen LogP contribution in [0.25, 0.3) is 0 Å². The first kappa shape index (κ1) is 14.4. The summed E-state index contributed by atoms with van der Waals surface area (Å²) >= 11 is 11.2. The molecule has 0 aliphatic heterocycles. The Bertz CT molecular complexity index is 333. The van der Waals surface area contributed by atoms with Crippen LogP contribution in [0.1, 0.15) is 22.2 Å². The summed E-state index contributed by atoms with van der Waals surface area (Å²) in [6, 6.07) is 1.96. The van der Waals surface area contributed by atoms with Gasteiger partial charge in [-0.2, -0.15) is 0 Å². The van der Waals surface area contributed by atoms with Crippen LogP contribution in [0.15, 0.2) is 9.85 Å². The van der Waals surface area contributed by atoms with E-state index in [0.717, 1.165) is 14.2 Å². The summed E-state index contributed by atoms with van der Waals surface area (Å²) in [5, 5.41) is -0.180. The molecule has 0 spiro atoms. The first-order valence-corrected chi connectivity index (χ1v) is 6.81. The fourth-order valence-electron chi connectivity index (χ4n) is 1.28. The van der Waals surface area contributed by atoms with E-state index in [-0.39, 0.29) is 12.0 Å². The van der Waals surface area contributed by atoms with Crippen molar-refractivity contribution in [2.45, 2.75) is 25.1 Å². The zero-order valence-corrected chi connectivity index (χ0v) is 11.8. The number of thiophene rings is 1. The first-order chi connectivity index (χ1) is 7.50. The van der Waals surface area contributed by atoms with Gasteiger partial charge in [0.1, 0.15) is 6.61 Å². The summed E-state index contributed by atoms with van der Waals surface area (Å²) in [7, 11) is 0. The Morgan fingerprint density at radius 2 is 2.25 bits per heavy atom. The molecule has 0 aliphatic carbocycles. The van der Waals surface area contributed by atoms with Crippen molar-refractivity contribution in [3.63, 3.8) is 0 Å². The maximum atomic E-state index is 11.8. The minimum atomic E-state index is -2.41. The second-order valence-corrected chi connectivity index (χ2v) is 6.45. The van der Waals surface area contributed by atoms with Crippen molar-refractivity contribution in [2.24, 2.45) is 0 Å². The molecular formula is C10H12BrClF2OS. The van der Waals surface area contributed by atoms with Crippen LogP contribution in [0.3, 0.4) is 0 Å². The van der Waals surface area contributed by atoms with Gasteiger partial charge in [-0.15, -0.1) is 22.9 Å². The van der Waals surface area contributed by atoms with Gasteiger partial charge in [0.2, 0.25) is 0 Å². The van der Waals surface area contributed by atoms with E-state index in [1.165, 1.54) is 0 Å². The molecule has 1 nitrogen and oxygen atoms in total. The van der Waals surface area contributed by atoms with E-state index >= 15 is 0 Å². The molecule has 1 aromatic rings. The van der Waals surface area contributed by atoms with Gasteiger partial charge >= 0.3 is 0 Å². The molecule has 6 heteroatoms. The third-order valence-corrected chi connectivity index (χ3v) is 4.05. The Morgan fingerprint density at radius 3 is 2.75 bits per heavy atom. The van der Waals surface area contributed by atoms with E-state index in [1.54, 1.807) is 11.3 Å². The van der Waals surface area contributed by atoms with Crippen LogP contribution < -0.4 is 0 Å². The van der Waals surface area contributed by atoms with Gasteiger partial charge < -0.3 is 4.74 Å². The summed E-state index contributed by atoms with van der Waals surface area (Å²) in [6.45, 7) is 1.72. The second kappa shape index (κ2) is 6.89. The van der Waals surface area contributed by atoms with E-state index in [2.05, 4.69) is 15.9 Å². The molecule has 0 aromatic carbocycles. The molecule has 0 radical (unpaired) electrons. The average Bonchev–Trinajstić information content (AvgIpc) is 2.52. The van der Waals surface area contributed by atoms with Crippen molar-refractivity contribution < 1.29 is 13.5 Å². The summed E-state index contributed by atoms with van der Waals surface area (Å²) < 4.78 is 29.4. The second-order valence-electron chi connectivity index (χ2n) is 3.28. The molecule has 1 unspecified atom stereocenters. The van der Waals surface area contributed by atoms with Gasteiger partial charge in [0.25, 0.3) is 6.43 Å². The smallest absolute Gasteiger partial charge is 0.261 e. The maximum Gasteiger partial charge on any atom is 0.261 e. The molecular weight excluding hydrogens is 322 g/mol. The van der Waals surface area contributed by atoms with Crippen LogP contribution in [-0.4, -0.2) is 19.6 Å². The molecule has 0 fully saturated rings. The molecule has 16 heavy (non-hydrogen) atoms. The van der Waals surface area contributed by atoms with Crippen LogP contribution in [0, 0.1) is 6.92 Å². The normalized spacial score (nSPS) is 13.4. The van der Waals surface area contributed by atoms with E-state index in [9.17, 15) is 8.78 Å². The molecule has 0 amide bonds. The van der Waals surface area contributed by atoms with Gasteiger partial charge in [-0.3, -0.25) is 0 Å². The Morgan fingerprint density at radius 1 is 1.56 bits per heavy atom. The highest BCUT2D eigenvalue weighted by Crippen LogP contribution is 2.35. The Labute approximate surface area is 111 Å². The zero-order valence-electron chi connectivity index (χ0n) is 8.68. The Hall–Kier alpha value is 0.290. The van der Waals surface area contributed by atoms with Crippen LogP contribution in [0.2, 0.25) is 0 Å². The van der Waals surface area contributed by atoms with E-state index in [1.807, 2.05) is 13.0 Å². The molecule has 92 valence electrons. The number of alkyl halides is 3. The molecule has 1 heterocycles. The molecule has 0 N–H and O–H groups in total. The molecule has 0 bridgehead atoms. The maximum absolute atomic E-state index is 11.8. The van der Waals surface area contributed by atoms with Crippen molar-refractivity contribution in [3.8, 4) is 0 Å². The van der Waals surface area contributed by atoms with E-state index in [0.29, 0.717) is 6.42 Å². The van der Waals surface area contributed by atoms with Crippen molar-refractivity contribution in [1.29, 1.82) is 0 Å². The van der Waals surface area contributed by atoms with Gasteiger partial charge in [-0.25, -0.2) is 8.78 Å². The summed E-state index contributed by atoms with van der Waals surface area (Å²) in [4.78, 5) is 1.14. The standard InChI is InChI=1S/C10H12BrClF2OS/c1-6-7(4-9(11)16-6)8(12)2-3-15-5-10(13)14/h4,8,10H,2-3,5H2,1H3. The largest absolute Gasteiger partial charge is 0.375 e. The minimum Gasteiger partial charge on any atom is -0.375 e. The highest BCUT2D eigenvalue weighted by Gasteiger charge is 2.14. The molecule has 1 atom stereocenters. The van der Waals surface area contributed by atoms with Crippen molar-refractivity contribution >= 4 is 38.9 Å². The number of ether oxygens (including phenoxy) is 1. The quantitative estimate of drug-likeness (QED) is 0.538. The lowest BCUT2D eigenvalue weighted by atomic mass is 10.1. The lowest BCUT2D eigenvalue weighted by molar-refractivity contribution is 0.0165. The zero-order chi connectivity index (χ0) is 12.1.